The fraction of sp³-hybridized carbons (Fsp3) is 0.471. The molecule has 0 spiro atoms. The minimum absolute atomic E-state index is 0.353. The Hall–Kier alpha value is -1.61. The van der Waals surface area contributed by atoms with Gasteiger partial charge in [0.1, 0.15) is 11.9 Å². The van der Waals surface area contributed by atoms with Crippen LogP contribution in [0.2, 0.25) is 0 Å². The molecular formula is C17H22N2O. The van der Waals surface area contributed by atoms with Crippen molar-refractivity contribution in [2.75, 3.05) is 13.1 Å². The molecule has 1 saturated heterocycles. The number of nitrogens with zero attached hydrogens (tertiary/aromatic N) is 1. The van der Waals surface area contributed by atoms with E-state index in [2.05, 4.69) is 35.4 Å². The number of piperidine rings is 1. The van der Waals surface area contributed by atoms with Crippen LogP contribution < -0.4 is 10.1 Å². The van der Waals surface area contributed by atoms with Crippen molar-refractivity contribution in [1.82, 2.24) is 10.3 Å². The van der Waals surface area contributed by atoms with E-state index in [0.717, 1.165) is 44.5 Å². The highest BCUT2D eigenvalue weighted by Gasteiger charge is 2.17. The van der Waals surface area contributed by atoms with Gasteiger partial charge in [-0.1, -0.05) is 13.3 Å². The van der Waals surface area contributed by atoms with Crippen LogP contribution in [-0.2, 0) is 6.42 Å². The topological polar surface area (TPSA) is 34.1 Å². The number of benzene rings is 1. The third-order valence-corrected chi connectivity index (χ3v) is 3.97. The Labute approximate surface area is 120 Å². The number of aryl methyl sites for hydroxylation is 1. The van der Waals surface area contributed by atoms with Crippen LogP contribution in [0.4, 0.5) is 0 Å². The van der Waals surface area contributed by atoms with Crippen molar-refractivity contribution >= 4 is 10.8 Å². The van der Waals surface area contributed by atoms with E-state index < -0.39 is 0 Å². The Kier molecular flexibility index (Phi) is 4.16. The van der Waals surface area contributed by atoms with E-state index in [1.165, 1.54) is 16.3 Å². The molecule has 1 aromatic carbocycles. The molecular weight excluding hydrogens is 248 g/mol. The van der Waals surface area contributed by atoms with Crippen molar-refractivity contribution in [2.45, 2.75) is 38.7 Å². The molecule has 106 valence electrons. The highest BCUT2D eigenvalue weighted by Crippen LogP contribution is 2.30. The van der Waals surface area contributed by atoms with Crippen molar-refractivity contribution in [3.8, 4) is 5.75 Å². The van der Waals surface area contributed by atoms with Crippen LogP contribution in [0.3, 0.4) is 0 Å². The Balaban J connectivity index is 1.94. The van der Waals surface area contributed by atoms with Gasteiger partial charge in [0.2, 0.25) is 0 Å². The number of aromatic nitrogens is 1. The molecule has 1 fully saturated rings. The summed E-state index contributed by atoms with van der Waals surface area (Å²) in [5, 5.41) is 5.87. The molecule has 2 aromatic rings. The first-order valence-electron chi connectivity index (χ1n) is 7.61. The van der Waals surface area contributed by atoms with Crippen molar-refractivity contribution in [2.24, 2.45) is 0 Å². The van der Waals surface area contributed by atoms with E-state index in [0.29, 0.717) is 6.10 Å². The molecule has 1 aliphatic rings. The maximum Gasteiger partial charge on any atom is 0.123 e. The Bertz CT molecular complexity index is 576. The molecule has 20 heavy (non-hydrogen) atoms. The molecule has 1 aromatic heterocycles. The van der Waals surface area contributed by atoms with Gasteiger partial charge >= 0.3 is 0 Å². The second-order valence-corrected chi connectivity index (χ2v) is 5.46. The van der Waals surface area contributed by atoms with E-state index in [1.807, 2.05) is 12.4 Å². The maximum absolute atomic E-state index is 6.29. The van der Waals surface area contributed by atoms with Crippen LogP contribution >= 0.6 is 0 Å². The van der Waals surface area contributed by atoms with Crippen LogP contribution in [0.1, 0.15) is 31.7 Å². The smallest absolute Gasteiger partial charge is 0.123 e. The summed E-state index contributed by atoms with van der Waals surface area (Å²) >= 11 is 0. The number of hydrogen-bond acceptors (Lipinski definition) is 3. The van der Waals surface area contributed by atoms with E-state index in [4.69, 9.17) is 4.74 Å². The van der Waals surface area contributed by atoms with Gasteiger partial charge in [0.15, 0.2) is 0 Å². The summed E-state index contributed by atoms with van der Waals surface area (Å²) in [7, 11) is 0. The Morgan fingerprint density at radius 1 is 1.25 bits per heavy atom. The molecule has 0 bridgehead atoms. The maximum atomic E-state index is 6.29. The molecule has 0 atom stereocenters. The summed E-state index contributed by atoms with van der Waals surface area (Å²) in [6.45, 7) is 4.34. The highest BCUT2D eigenvalue weighted by atomic mass is 16.5. The molecule has 0 aliphatic carbocycles. The van der Waals surface area contributed by atoms with Gasteiger partial charge in [-0.3, -0.25) is 4.98 Å². The van der Waals surface area contributed by atoms with Gasteiger partial charge in [-0.25, -0.2) is 0 Å². The number of ether oxygens (including phenoxy) is 1. The van der Waals surface area contributed by atoms with Crippen molar-refractivity contribution in [1.29, 1.82) is 0 Å². The predicted molar refractivity (Wildman–Crippen MR) is 82.3 cm³/mol. The molecule has 3 heteroatoms. The summed E-state index contributed by atoms with van der Waals surface area (Å²) in [4.78, 5) is 4.21. The van der Waals surface area contributed by atoms with Crippen LogP contribution in [0.15, 0.2) is 30.6 Å². The molecule has 1 N–H and O–H groups in total. The lowest BCUT2D eigenvalue weighted by Gasteiger charge is -2.25. The van der Waals surface area contributed by atoms with E-state index >= 15 is 0 Å². The SMILES string of the molecule is CCCc1c(OC2CCNCC2)ccc2cnccc12. The van der Waals surface area contributed by atoms with Crippen molar-refractivity contribution < 1.29 is 4.74 Å². The quantitative estimate of drug-likeness (QED) is 0.925. The molecule has 0 radical (unpaired) electrons. The number of hydrogen-bond donors (Lipinski definition) is 1. The lowest BCUT2D eigenvalue weighted by atomic mass is 10.0. The molecule has 2 heterocycles. The number of rotatable bonds is 4. The Morgan fingerprint density at radius 3 is 2.90 bits per heavy atom. The van der Waals surface area contributed by atoms with Gasteiger partial charge in [-0.2, -0.15) is 0 Å². The summed E-state index contributed by atoms with van der Waals surface area (Å²) in [5.41, 5.74) is 1.34. The van der Waals surface area contributed by atoms with Gasteiger partial charge < -0.3 is 10.1 Å². The number of fused-ring (bicyclic) bond motifs is 1. The monoisotopic (exact) mass is 270 g/mol. The van der Waals surface area contributed by atoms with Crippen molar-refractivity contribution in [3.05, 3.63) is 36.2 Å². The lowest BCUT2D eigenvalue weighted by molar-refractivity contribution is 0.161. The molecule has 0 unspecified atom stereocenters. The third kappa shape index (κ3) is 2.78. The van der Waals surface area contributed by atoms with Crippen molar-refractivity contribution in [3.63, 3.8) is 0 Å². The van der Waals surface area contributed by atoms with Crippen LogP contribution in [0.5, 0.6) is 5.75 Å². The zero-order chi connectivity index (χ0) is 13.8. The van der Waals surface area contributed by atoms with Crippen LogP contribution in [-0.4, -0.2) is 24.2 Å². The van der Waals surface area contributed by atoms with Gasteiger partial charge in [0, 0.05) is 23.3 Å². The van der Waals surface area contributed by atoms with Gasteiger partial charge in [-0.05, 0) is 55.9 Å². The highest BCUT2D eigenvalue weighted by molar-refractivity contribution is 5.87. The number of nitrogens with one attached hydrogen (secondary N) is 1. The predicted octanol–water partition coefficient (Wildman–Crippen LogP) is 3.32. The largest absolute Gasteiger partial charge is 0.490 e. The average molecular weight is 270 g/mol. The van der Waals surface area contributed by atoms with Gasteiger partial charge in [0.05, 0.1) is 0 Å². The Morgan fingerprint density at radius 2 is 2.10 bits per heavy atom. The van der Waals surface area contributed by atoms with E-state index in [-0.39, 0.29) is 0 Å². The lowest BCUT2D eigenvalue weighted by Crippen LogP contribution is -2.34. The second-order valence-electron chi connectivity index (χ2n) is 5.46. The summed E-state index contributed by atoms with van der Waals surface area (Å²) in [6, 6.07) is 6.35. The molecule has 0 saturated carbocycles. The van der Waals surface area contributed by atoms with Crippen LogP contribution in [0.25, 0.3) is 10.8 Å². The minimum Gasteiger partial charge on any atom is -0.490 e. The fourth-order valence-corrected chi connectivity index (χ4v) is 2.92. The molecule has 3 nitrogen and oxygen atoms in total. The third-order valence-electron chi connectivity index (χ3n) is 3.97. The van der Waals surface area contributed by atoms with Gasteiger partial charge in [0.25, 0.3) is 0 Å². The first-order chi connectivity index (χ1) is 9.88. The summed E-state index contributed by atoms with van der Waals surface area (Å²) in [5.74, 6) is 1.07. The standard InChI is InChI=1S/C17H22N2O/c1-2-3-16-15-8-11-19-12-13(15)4-5-17(16)20-14-6-9-18-10-7-14/h4-5,8,11-12,14,18H,2-3,6-7,9-10H2,1H3. The second kappa shape index (κ2) is 6.23. The summed E-state index contributed by atoms with van der Waals surface area (Å²) < 4.78 is 6.29. The van der Waals surface area contributed by atoms with Gasteiger partial charge in [-0.15, -0.1) is 0 Å². The van der Waals surface area contributed by atoms with E-state index in [9.17, 15) is 0 Å². The molecule has 1 aliphatic heterocycles. The average Bonchev–Trinajstić information content (AvgIpc) is 2.51. The minimum atomic E-state index is 0.353. The number of pyridine rings is 1. The fourth-order valence-electron chi connectivity index (χ4n) is 2.92. The summed E-state index contributed by atoms with van der Waals surface area (Å²) in [6.07, 6.45) is 8.54. The zero-order valence-electron chi connectivity index (χ0n) is 12.1. The zero-order valence-corrected chi connectivity index (χ0v) is 12.1. The first kappa shape index (κ1) is 13.4. The van der Waals surface area contributed by atoms with E-state index in [1.54, 1.807) is 0 Å². The molecule has 0 amide bonds. The first-order valence-corrected chi connectivity index (χ1v) is 7.61. The van der Waals surface area contributed by atoms with Crippen LogP contribution in [0, 0.1) is 0 Å². The normalized spacial score (nSPS) is 16.4. The molecule has 3 rings (SSSR count).